The lowest BCUT2D eigenvalue weighted by Gasteiger charge is -2.19. The molecule has 0 aliphatic carbocycles. The van der Waals surface area contributed by atoms with Gasteiger partial charge in [-0.2, -0.15) is 0 Å². The molecule has 1 unspecified atom stereocenters. The number of halogens is 1. The Morgan fingerprint density at radius 2 is 1.73 bits per heavy atom. The molecule has 0 heterocycles. The molecule has 0 radical (unpaired) electrons. The highest BCUT2D eigenvalue weighted by Gasteiger charge is 2.17. The van der Waals surface area contributed by atoms with Crippen molar-refractivity contribution < 1.29 is 28.6 Å². The number of carbonyl (C=O) groups is 2. The van der Waals surface area contributed by atoms with Gasteiger partial charge in [0.05, 0.1) is 12.7 Å². The number of aliphatic hydroxyl groups excluding tert-OH is 1. The molecule has 6 heteroatoms. The van der Waals surface area contributed by atoms with Crippen LogP contribution in [0, 0.1) is 5.82 Å². The molecule has 3 rings (SSSR count). The highest BCUT2D eigenvalue weighted by Crippen LogP contribution is 2.36. The van der Waals surface area contributed by atoms with Crippen LogP contribution in [0.2, 0.25) is 0 Å². The lowest BCUT2D eigenvalue weighted by molar-refractivity contribution is -0.145. The lowest BCUT2D eigenvalue weighted by Crippen LogP contribution is -2.16. The van der Waals surface area contributed by atoms with Gasteiger partial charge in [-0.15, -0.1) is 0 Å². The van der Waals surface area contributed by atoms with E-state index in [9.17, 15) is 19.1 Å². The molecule has 1 N–H and O–H groups in total. The van der Waals surface area contributed by atoms with E-state index < -0.39 is 17.9 Å². The van der Waals surface area contributed by atoms with Gasteiger partial charge in [-0.25, -0.2) is 4.39 Å². The molecule has 0 bridgehead atoms. The number of hydrogen-bond donors (Lipinski definition) is 1. The average Bonchev–Trinajstić information content (AvgIpc) is 2.87. The zero-order chi connectivity index (χ0) is 26.8. The van der Waals surface area contributed by atoms with E-state index in [1.165, 1.54) is 12.1 Å². The minimum atomic E-state index is -1.07. The molecular formula is C31H33FO5. The number of ketones is 1. The minimum absolute atomic E-state index is 0.113. The maximum absolute atomic E-state index is 13.7. The summed E-state index contributed by atoms with van der Waals surface area (Å²) in [5.41, 5.74) is 4.46. The topological polar surface area (TPSA) is 72.8 Å². The number of benzene rings is 3. The van der Waals surface area contributed by atoms with Crippen molar-refractivity contribution in [2.24, 2.45) is 0 Å². The maximum atomic E-state index is 13.7. The van der Waals surface area contributed by atoms with Gasteiger partial charge in [0.25, 0.3) is 0 Å². The first-order chi connectivity index (χ1) is 17.8. The van der Waals surface area contributed by atoms with Gasteiger partial charge in [-0.05, 0) is 64.9 Å². The number of aliphatic hydroxyl groups is 1. The van der Waals surface area contributed by atoms with Crippen LogP contribution in [0.4, 0.5) is 4.39 Å². The molecule has 3 aromatic rings. The molecule has 0 amide bonds. The Kier molecular flexibility index (Phi) is 10.2. The average molecular weight is 505 g/mol. The van der Waals surface area contributed by atoms with E-state index >= 15 is 0 Å². The van der Waals surface area contributed by atoms with Gasteiger partial charge in [-0.1, -0.05) is 68.5 Å². The van der Waals surface area contributed by atoms with Crippen molar-refractivity contribution in [3.8, 4) is 16.9 Å². The van der Waals surface area contributed by atoms with E-state index in [0.29, 0.717) is 12.4 Å². The second-order valence-electron chi connectivity index (χ2n) is 9.06. The van der Waals surface area contributed by atoms with Gasteiger partial charge in [0, 0.05) is 6.42 Å². The predicted octanol–water partition coefficient (Wildman–Crippen LogP) is 6.48. The van der Waals surface area contributed by atoms with Gasteiger partial charge in [0.15, 0.2) is 0 Å². The zero-order valence-corrected chi connectivity index (χ0v) is 21.4. The Labute approximate surface area is 217 Å². The van der Waals surface area contributed by atoms with Crippen molar-refractivity contribution in [3.05, 3.63) is 95.3 Å². The second-order valence-corrected chi connectivity index (χ2v) is 9.06. The van der Waals surface area contributed by atoms with Crippen molar-refractivity contribution in [1.82, 2.24) is 0 Å². The van der Waals surface area contributed by atoms with Crippen LogP contribution in [0.3, 0.4) is 0 Å². The smallest absolute Gasteiger partial charge is 0.313 e. The van der Waals surface area contributed by atoms with Crippen LogP contribution in [0.25, 0.3) is 17.2 Å². The Bertz CT molecular complexity index is 1220. The van der Waals surface area contributed by atoms with Gasteiger partial charge in [0.2, 0.25) is 0 Å². The fourth-order valence-corrected chi connectivity index (χ4v) is 3.96. The van der Waals surface area contributed by atoms with Crippen molar-refractivity contribution in [2.75, 3.05) is 6.61 Å². The Hall–Kier alpha value is -3.77. The van der Waals surface area contributed by atoms with E-state index in [1.807, 2.05) is 42.5 Å². The van der Waals surface area contributed by atoms with Gasteiger partial charge in [-0.3, -0.25) is 9.59 Å². The van der Waals surface area contributed by atoms with E-state index in [-0.39, 0.29) is 31.2 Å². The number of esters is 1. The van der Waals surface area contributed by atoms with E-state index in [4.69, 9.17) is 9.47 Å². The van der Waals surface area contributed by atoms with E-state index in [2.05, 4.69) is 13.8 Å². The largest absolute Gasteiger partial charge is 0.489 e. The molecule has 1 atom stereocenters. The van der Waals surface area contributed by atoms with Crippen molar-refractivity contribution >= 4 is 17.8 Å². The summed E-state index contributed by atoms with van der Waals surface area (Å²) < 4.78 is 24.6. The molecular weight excluding hydrogens is 471 g/mol. The summed E-state index contributed by atoms with van der Waals surface area (Å²) in [5.74, 6) is -0.550. The summed E-state index contributed by atoms with van der Waals surface area (Å²) in [7, 11) is 0. The van der Waals surface area contributed by atoms with Crippen LogP contribution in [0.15, 0.2) is 72.8 Å². The highest BCUT2D eigenvalue weighted by molar-refractivity contribution is 5.95. The third-order valence-corrected chi connectivity index (χ3v) is 5.78. The molecule has 0 aliphatic rings. The molecule has 0 fully saturated rings. The SMILES string of the molecule is CCOC(=O)CC(=O)CC(O)/C=C/c1c(-c2ccc(F)cc2)cc(OCc2ccccc2)cc1C(C)C. The second kappa shape index (κ2) is 13.5. The molecule has 37 heavy (non-hydrogen) atoms. The number of Topliss-reactive ketones (excluding diaryl/α,β-unsaturated/α-hetero) is 1. The number of rotatable bonds is 12. The lowest BCUT2D eigenvalue weighted by atomic mass is 9.89. The quantitative estimate of drug-likeness (QED) is 0.226. The fourth-order valence-electron chi connectivity index (χ4n) is 3.96. The normalized spacial score (nSPS) is 12.1. The van der Waals surface area contributed by atoms with Crippen molar-refractivity contribution in [1.29, 1.82) is 0 Å². The van der Waals surface area contributed by atoms with Crippen LogP contribution >= 0.6 is 0 Å². The highest BCUT2D eigenvalue weighted by atomic mass is 19.1. The standard InChI is InChI=1S/C31H33FO5/c1-4-36-31(35)17-26(34)16-25(33)14-15-28-29(21(2)3)18-27(37-20-22-8-6-5-7-9-22)19-30(28)23-10-12-24(32)13-11-23/h5-15,18-19,21,25,33H,4,16-17,20H2,1-3H3/b15-14+. The Balaban J connectivity index is 1.92. The van der Waals surface area contributed by atoms with Crippen LogP contribution in [-0.4, -0.2) is 29.6 Å². The Morgan fingerprint density at radius 3 is 2.38 bits per heavy atom. The first kappa shape index (κ1) is 27.8. The first-order valence-electron chi connectivity index (χ1n) is 12.4. The monoisotopic (exact) mass is 504 g/mol. The molecule has 0 aromatic heterocycles. The van der Waals surface area contributed by atoms with Crippen molar-refractivity contribution in [3.63, 3.8) is 0 Å². The van der Waals surface area contributed by atoms with Crippen LogP contribution in [0.5, 0.6) is 5.75 Å². The number of ether oxygens (including phenoxy) is 2. The molecule has 194 valence electrons. The van der Waals surface area contributed by atoms with Crippen LogP contribution < -0.4 is 4.74 Å². The van der Waals surface area contributed by atoms with Gasteiger partial charge < -0.3 is 14.6 Å². The molecule has 0 spiro atoms. The molecule has 5 nitrogen and oxygen atoms in total. The number of carbonyl (C=O) groups excluding carboxylic acids is 2. The summed E-state index contributed by atoms with van der Waals surface area (Å²) in [4.78, 5) is 23.7. The third-order valence-electron chi connectivity index (χ3n) is 5.78. The summed E-state index contributed by atoms with van der Waals surface area (Å²) in [6, 6.07) is 19.9. The van der Waals surface area contributed by atoms with Gasteiger partial charge >= 0.3 is 5.97 Å². The summed E-state index contributed by atoms with van der Waals surface area (Å²) in [6.07, 6.45) is 1.68. The molecule has 0 saturated heterocycles. The maximum Gasteiger partial charge on any atom is 0.313 e. The van der Waals surface area contributed by atoms with Crippen molar-refractivity contribution in [2.45, 2.75) is 52.2 Å². The summed E-state index contributed by atoms with van der Waals surface area (Å²) >= 11 is 0. The van der Waals surface area contributed by atoms with Crippen LogP contribution in [0.1, 0.15) is 56.2 Å². The fraction of sp³-hybridized carbons (Fsp3) is 0.290. The minimum Gasteiger partial charge on any atom is -0.489 e. The zero-order valence-electron chi connectivity index (χ0n) is 21.4. The Morgan fingerprint density at radius 1 is 1.03 bits per heavy atom. The third kappa shape index (κ3) is 8.40. The first-order valence-corrected chi connectivity index (χ1v) is 12.4. The number of hydrogen-bond acceptors (Lipinski definition) is 5. The van der Waals surface area contributed by atoms with E-state index in [0.717, 1.165) is 27.8 Å². The van der Waals surface area contributed by atoms with Gasteiger partial charge in [0.1, 0.15) is 30.4 Å². The summed E-state index contributed by atoms with van der Waals surface area (Å²) in [6.45, 7) is 6.38. The predicted molar refractivity (Wildman–Crippen MR) is 143 cm³/mol. The summed E-state index contributed by atoms with van der Waals surface area (Å²) in [5, 5.41) is 10.5. The van der Waals surface area contributed by atoms with E-state index in [1.54, 1.807) is 31.2 Å². The molecule has 0 aliphatic heterocycles. The van der Waals surface area contributed by atoms with Crippen LogP contribution in [-0.2, 0) is 20.9 Å². The molecule has 0 saturated carbocycles. The molecule has 3 aromatic carbocycles.